The Balaban J connectivity index is 1.95. The fourth-order valence-electron chi connectivity index (χ4n) is 7.09. The molecule has 0 N–H and O–H groups in total. The normalized spacial score (nSPS) is 19.2. The molecule has 2 aliphatic carbocycles. The minimum atomic E-state index is -6.28. The molecule has 2 aromatic carbocycles. The van der Waals surface area contributed by atoms with Gasteiger partial charge in [-0.15, -0.1) is 0 Å². The van der Waals surface area contributed by atoms with Crippen LogP contribution in [0.15, 0.2) is 72.9 Å². The van der Waals surface area contributed by atoms with Gasteiger partial charge in [0.25, 0.3) is 0 Å². The Labute approximate surface area is 265 Å². The first kappa shape index (κ1) is 35.5. The van der Waals surface area contributed by atoms with E-state index in [0.29, 0.717) is 35.1 Å². The Morgan fingerprint density at radius 1 is 0.705 bits per heavy atom. The van der Waals surface area contributed by atoms with Crippen molar-refractivity contribution in [2.75, 3.05) is 0 Å². The Morgan fingerprint density at radius 2 is 1.09 bits per heavy atom. The molecule has 0 radical (unpaired) electrons. The molecule has 239 valence electrons. The van der Waals surface area contributed by atoms with E-state index in [1.807, 2.05) is 0 Å². The first-order valence-corrected chi connectivity index (χ1v) is 31.5. The zero-order valence-corrected chi connectivity index (χ0v) is 30.2. The summed E-state index contributed by atoms with van der Waals surface area (Å²) in [7, 11) is 15.5. The molecule has 0 heterocycles. The third-order valence-electron chi connectivity index (χ3n) is 9.37. The van der Waals surface area contributed by atoms with Crippen molar-refractivity contribution in [1.82, 2.24) is 0 Å². The fraction of sp³-hybridized carbons (Fsp3) is 0.412. The summed E-state index contributed by atoms with van der Waals surface area (Å²) in [4.78, 5) is 0. The van der Waals surface area contributed by atoms with Crippen molar-refractivity contribution in [3.63, 3.8) is 0 Å². The molecule has 2 aromatic rings. The van der Waals surface area contributed by atoms with Crippen LogP contribution in [-0.2, 0) is 28.4 Å². The quantitative estimate of drug-likeness (QED) is 0.0827. The van der Waals surface area contributed by atoms with E-state index in [4.69, 9.17) is 17.0 Å². The molecule has 4 rings (SSSR count). The minimum absolute atomic E-state index is 0.325. The van der Waals surface area contributed by atoms with E-state index in [-0.39, 0.29) is 0 Å². The number of aryl methyl sites for hydroxylation is 2. The average Bonchev–Trinajstić information content (AvgIpc) is 3.55. The predicted octanol–water partition coefficient (Wildman–Crippen LogP) is 12.2. The molecule has 2 atom stereocenters. The molecule has 0 fully saturated rings. The van der Waals surface area contributed by atoms with E-state index in [1.165, 1.54) is 0 Å². The topological polar surface area (TPSA) is 0 Å². The molecule has 2 unspecified atom stereocenters. The summed E-state index contributed by atoms with van der Waals surface area (Å²) in [5.74, 6) is -2.62. The summed E-state index contributed by atoms with van der Waals surface area (Å²) in [5.41, 5.74) is 1.12. The second-order valence-electron chi connectivity index (χ2n) is 12.4. The number of benzene rings is 2. The molecule has 0 spiro atoms. The molecule has 0 saturated heterocycles. The monoisotopic (exact) mass is 749 g/mol. The zero-order valence-electron chi connectivity index (χ0n) is 25.1. The van der Waals surface area contributed by atoms with Crippen LogP contribution in [0.25, 0.3) is 12.2 Å². The van der Waals surface area contributed by atoms with Gasteiger partial charge in [-0.25, -0.2) is 0 Å². The number of hydrogen-bond acceptors (Lipinski definition) is 0. The molecule has 2 aliphatic rings. The van der Waals surface area contributed by atoms with Crippen molar-refractivity contribution in [3.8, 4) is 0 Å². The van der Waals surface area contributed by atoms with Gasteiger partial charge in [-0.2, -0.15) is 0 Å². The van der Waals surface area contributed by atoms with Crippen molar-refractivity contribution in [3.05, 3.63) is 106 Å². The van der Waals surface area contributed by atoms with Crippen LogP contribution in [0.1, 0.15) is 79.2 Å². The zero-order chi connectivity index (χ0) is 32.5. The van der Waals surface area contributed by atoms with Crippen molar-refractivity contribution in [2.45, 2.75) is 84.1 Å². The van der Waals surface area contributed by atoms with E-state index in [1.54, 1.807) is 61.6 Å². The molecule has 44 heavy (non-hydrogen) atoms. The summed E-state index contributed by atoms with van der Waals surface area (Å²) < 4.78 is 87.1. The van der Waals surface area contributed by atoms with Crippen molar-refractivity contribution in [2.24, 2.45) is 0 Å². The molecule has 0 aliphatic heterocycles. The number of allylic oxidation sites excluding steroid dienone is 4. The second-order valence-corrected chi connectivity index (χ2v) is 54.9. The van der Waals surface area contributed by atoms with E-state index < -0.39 is 52.2 Å². The maximum atomic E-state index is 15.0. The van der Waals surface area contributed by atoms with Gasteiger partial charge >= 0.3 is 267 Å². The molecule has 0 amide bonds. The summed E-state index contributed by atoms with van der Waals surface area (Å²) in [6.07, 6.45) is 2.00. The Bertz CT molecular complexity index is 1370. The fourth-order valence-corrected chi connectivity index (χ4v) is 37.2. The molecule has 0 nitrogen and oxygen atoms in total. The second kappa shape index (κ2) is 13.4. The SMILES string of the molecule is C=CCCCCc1cccc2c1C=C(C(F)(F)F)[CH]2[Zr]([Cl])([Cl])([CH]1C(C(F)(F)F)=Cc2c(CCCCC=C)cccc21)[SiH](C)C. The summed E-state index contributed by atoms with van der Waals surface area (Å²) in [5, 5.41) is 0. The average molecular weight is 752 g/mol. The first-order valence-electron chi connectivity index (χ1n) is 15.2. The predicted molar refractivity (Wildman–Crippen MR) is 173 cm³/mol. The van der Waals surface area contributed by atoms with E-state index in [2.05, 4.69) is 13.2 Å². The molecular weight excluding hydrogens is 713 g/mol. The number of rotatable bonds is 13. The summed E-state index contributed by atoms with van der Waals surface area (Å²) >= 11 is -6.28. The standard InChI is InChI=1S/2C16H16F3.C2H7Si.2ClH.Zr/c2*1-2-3-4-5-7-12-8-6-9-13-10-14(11-15(12)13)16(17,18)19;1-3-2;;;/h2*2,6,8-11H,1,3-5,7H2;3H,1-2H3;2*1H;/q;;;;;+2/p-2. The third kappa shape index (κ3) is 6.57. The van der Waals surface area contributed by atoms with Gasteiger partial charge in [0.15, 0.2) is 0 Å². The third-order valence-corrected chi connectivity index (χ3v) is 60.9. The molecule has 0 saturated carbocycles. The Morgan fingerprint density at radius 3 is 1.41 bits per heavy atom. The van der Waals surface area contributed by atoms with Gasteiger partial charge in [0, 0.05) is 0 Å². The van der Waals surface area contributed by atoms with Crippen LogP contribution in [0.2, 0.25) is 13.1 Å². The van der Waals surface area contributed by atoms with E-state index in [9.17, 15) is 0 Å². The number of hydrogen-bond donors (Lipinski definition) is 0. The maximum absolute atomic E-state index is 15.0. The van der Waals surface area contributed by atoms with Gasteiger partial charge in [-0.05, 0) is 0 Å². The first-order chi connectivity index (χ1) is 20.6. The van der Waals surface area contributed by atoms with Gasteiger partial charge in [0.05, 0.1) is 0 Å². The van der Waals surface area contributed by atoms with Crippen LogP contribution in [0, 0.1) is 0 Å². The summed E-state index contributed by atoms with van der Waals surface area (Å²) in [6, 6.07) is 10.2. The van der Waals surface area contributed by atoms with Gasteiger partial charge in [0.1, 0.15) is 0 Å². The van der Waals surface area contributed by atoms with Crippen LogP contribution >= 0.6 is 17.0 Å². The van der Waals surface area contributed by atoms with Crippen molar-refractivity contribution >= 4 is 35.1 Å². The van der Waals surface area contributed by atoms with Gasteiger partial charge in [-0.3, -0.25) is 0 Å². The molecule has 10 heteroatoms. The van der Waals surface area contributed by atoms with Crippen LogP contribution < -0.4 is 0 Å². The Hall–Kier alpha value is -1.34. The number of fused-ring (bicyclic) bond motifs is 2. The van der Waals surface area contributed by atoms with Crippen LogP contribution in [0.5, 0.6) is 0 Å². The van der Waals surface area contributed by atoms with Gasteiger partial charge < -0.3 is 0 Å². The summed E-state index contributed by atoms with van der Waals surface area (Å²) in [6.45, 7) is 10.9. The van der Waals surface area contributed by atoms with E-state index in [0.717, 1.165) is 61.8 Å². The number of alkyl halides is 6. The Kier molecular flexibility index (Phi) is 10.8. The van der Waals surface area contributed by atoms with Crippen LogP contribution in [-0.4, -0.2) is 18.3 Å². The number of unbranched alkanes of at least 4 members (excludes halogenated alkanes) is 4. The molecule has 0 aromatic heterocycles. The van der Waals surface area contributed by atoms with Gasteiger partial charge in [-0.1, -0.05) is 0 Å². The van der Waals surface area contributed by atoms with Crippen molar-refractivity contribution in [1.29, 1.82) is 0 Å². The number of halogens is 8. The van der Waals surface area contributed by atoms with Crippen molar-refractivity contribution < 1.29 is 41.9 Å². The van der Waals surface area contributed by atoms with E-state index >= 15 is 26.3 Å². The van der Waals surface area contributed by atoms with Crippen LogP contribution in [0.4, 0.5) is 26.3 Å². The van der Waals surface area contributed by atoms with Gasteiger partial charge in [0.2, 0.25) is 0 Å². The molecular formula is C34H39Cl2F6SiZr. The van der Waals surface area contributed by atoms with Crippen LogP contribution in [0.3, 0.4) is 0 Å². The molecule has 0 bridgehead atoms.